The summed E-state index contributed by atoms with van der Waals surface area (Å²) in [5.41, 5.74) is 0.655. The molecule has 0 heterocycles. The van der Waals surface area contributed by atoms with Crippen LogP contribution >= 0.6 is 11.6 Å². The van der Waals surface area contributed by atoms with Crippen molar-refractivity contribution in [2.45, 2.75) is 48.6 Å². The van der Waals surface area contributed by atoms with Gasteiger partial charge in [0, 0.05) is 41.7 Å². The second-order valence-corrected chi connectivity index (χ2v) is 14.0. The van der Waals surface area contributed by atoms with Crippen molar-refractivity contribution < 1.29 is 44.1 Å². The van der Waals surface area contributed by atoms with Gasteiger partial charge in [0.15, 0.2) is 0 Å². The second kappa shape index (κ2) is 14.5. The fourth-order valence-electron chi connectivity index (χ4n) is 4.82. The van der Waals surface area contributed by atoms with Crippen molar-refractivity contribution in [2.75, 3.05) is 18.0 Å². The number of hydrogen-bond acceptors (Lipinski definition) is 6. The molecule has 0 saturated heterocycles. The highest BCUT2D eigenvalue weighted by Gasteiger charge is 2.47. The van der Waals surface area contributed by atoms with Crippen molar-refractivity contribution in [3.63, 3.8) is 0 Å². The van der Waals surface area contributed by atoms with E-state index in [2.05, 4.69) is 14.8 Å². The summed E-state index contributed by atoms with van der Waals surface area (Å²) in [5, 5.41) is 2.54. The van der Waals surface area contributed by atoms with Crippen LogP contribution in [0.5, 0.6) is 0 Å². The lowest BCUT2D eigenvalue weighted by Crippen LogP contribution is -2.55. The molecule has 17 heteroatoms. The SMILES string of the molecule is O=C(NC1CC(F)(F)C1)C(c1ccccc1Cl)N(C(=O)CNS(=O)(=O)NCCCc1ccc(S(=O)(=O)O)cc1)c1cccc(F)c1. The first-order valence-corrected chi connectivity index (χ1v) is 17.2. The summed E-state index contributed by atoms with van der Waals surface area (Å²) in [7, 11) is -8.62. The van der Waals surface area contributed by atoms with Crippen LogP contribution in [0.25, 0.3) is 0 Å². The lowest BCUT2D eigenvalue weighted by molar-refractivity contribution is -0.132. The fourth-order valence-corrected chi connectivity index (χ4v) is 6.37. The van der Waals surface area contributed by atoms with Crippen LogP contribution < -0.4 is 19.7 Å². The Morgan fingerprint density at radius 2 is 1.65 bits per heavy atom. The van der Waals surface area contributed by atoms with Gasteiger partial charge < -0.3 is 5.32 Å². The third kappa shape index (κ3) is 9.49. The van der Waals surface area contributed by atoms with Gasteiger partial charge in [-0.25, -0.2) is 17.9 Å². The van der Waals surface area contributed by atoms with Crippen LogP contribution in [0.15, 0.2) is 77.7 Å². The van der Waals surface area contributed by atoms with Gasteiger partial charge in [-0.2, -0.15) is 21.6 Å². The zero-order chi connectivity index (χ0) is 33.7. The van der Waals surface area contributed by atoms with Gasteiger partial charge in [0.25, 0.3) is 26.2 Å². The molecular weight excluding hydrogens is 673 g/mol. The number of aryl methyl sites for hydroxylation is 1. The van der Waals surface area contributed by atoms with Gasteiger partial charge >= 0.3 is 0 Å². The van der Waals surface area contributed by atoms with E-state index in [0.29, 0.717) is 12.0 Å². The van der Waals surface area contributed by atoms with Crippen LogP contribution in [0.2, 0.25) is 5.02 Å². The third-order valence-corrected chi connectivity index (χ3v) is 9.39. The Hall–Kier alpha value is -3.54. The molecule has 2 amide bonds. The van der Waals surface area contributed by atoms with Crippen molar-refractivity contribution in [2.24, 2.45) is 0 Å². The maximum absolute atomic E-state index is 14.3. The Balaban J connectivity index is 1.48. The molecule has 3 aromatic rings. The normalized spacial score (nSPS) is 15.5. The molecule has 4 rings (SSSR count). The largest absolute Gasteiger partial charge is 0.351 e. The number of anilines is 1. The number of nitrogens with zero attached hydrogens (tertiary/aromatic N) is 1. The molecule has 1 saturated carbocycles. The number of nitrogens with one attached hydrogen (secondary N) is 3. The maximum Gasteiger partial charge on any atom is 0.294 e. The quantitative estimate of drug-likeness (QED) is 0.147. The number of amides is 2. The molecular formula is C29H30ClF3N4O7S2. The van der Waals surface area contributed by atoms with Crippen molar-refractivity contribution >= 4 is 49.4 Å². The topological polar surface area (TPSA) is 162 Å². The highest BCUT2D eigenvalue weighted by atomic mass is 35.5. The van der Waals surface area contributed by atoms with Crippen LogP contribution in [-0.2, 0) is 36.3 Å². The van der Waals surface area contributed by atoms with Gasteiger partial charge in [-0.15, -0.1) is 0 Å². The van der Waals surface area contributed by atoms with E-state index in [1.165, 1.54) is 54.6 Å². The van der Waals surface area contributed by atoms with E-state index >= 15 is 0 Å². The monoisotopic (exact) mass is 702 g/mol. The molecule has 1 atom stereocenters. The molecule has 248 valence electrons. The van der Waals surface area contributed by atoms with Crippen molar-refractivity contribution in [1.82, 2.24) is 14.8 Å². The summed E-state index contributed by atoms with van der Waals surface area (Å²) in [4.78, 5) is 27.8. The first kappa shape index (κ1) is 35.3. The van der Waals surface area contributed by atoms with E-state index in [0.717, 1.165) is 17.0 Å². The standard InChI is InChI=1S/C29H30ClF3N4O7S2/c30-25-9-2-1-8-24(25)27(28(39)36-21-16-29(32,33)17-21)37(22-7-3-6-20(31)15-22)26(38)18-35-46(43,44)34-14-4-5-19-10-12-23(13-11-19)45(40,41)42/h1-3,6-13,15,21,27,34-35H,4-5,14,16-18H2,(H,36,39)(H,40,41,42). The van der Waals surface area contributed by atoms with Crippen LogP contribution in [-0.4, -0.2) is 58.3 Å². The molecule has 1 aliphatic rings. The highest BCUT2D eigenvalue weighted by Crippen LogP contribution is 2.39. The van der Waals surface area contributed by atoms with E-state index < -0.39 is 75.4 Å². The van der Waals surface area contributed by atoms with E-state index in [1.54, 1.807) is 6.07 Å². The maximum atomic E-state index is 14.3. The first-order chi connectivity index (χ1) is 21.5. The number of benzene rings is 3. The number of halogens is 4. The third-order valence-electron chi connectivity index (χ3n) is 7.07. The number of rotatable bonds is 14. The summed E-state index contributed by atoms with van der Waals surface area (Å²) in [5.74, 6) is -5.57. The predicted molar refractivity (Wildman–Crippen MR) is 164 cm³/mol. The van der Waals surface area contributed by atoms with E-state index in [1.807, 2.05) is 0 Å². The van der Waals surface area contributed by atoms with Gasteiger partial charge in [0.2, 0.25) is 11.8 Å². The van der Waals surface area contributed by atoms with E-state index in [4.69, 9.17) is 16.2 Å². The van der Waals surface area contributed by atoms with Crippen LogP contribution in [0, 0.1) is 5.82 Å². The zero-order valence-corrected chi connectivity index (χ0v) is 26.4. The summed E-state index contributed by atoms with van der Waals surface area (Å²) in [6.07, 6.45) is -0.584. The highest BCUT2D eigenvalue weighted by molar-refractivity contribution is 7.87. The second-order valence-electron chi connectivity index (χ2n) is 10.6. The molecule has 11 nitrogen and oxygen atoms in total. The Morgan fingerprint density at radius 3 is 2.26 bits per heavy atom. The first-order valence-electron chi connectivity index (χ1n) is 13.9. The Bertz CT molecular complexity index is 1790. The summed E-state index contributed by atoms with van der Waals surface area (Å²) >= 11 is 6.38. The molecule has 0 radical (unpaired) electrons. The minimum absolute atomic E-state index is 0.0469. The van der Waals surface area contributed by atoms with Crippen molar-refractivity contribution in [3.8, 4) is 0 Å². The molecule has 0 aromatic heterocycles. The molecule has 0 bridgehead atoms. The van der Waals surface area contributed by atoms with E-state index in [-0.39, 0.29) is 34.1 Å². The summed E-state index contributed by atoms with van der Waals surface area (Å²) in [6.45, 7) is -0.952. The number of carbonyl (C=O) groups is 2. The molecule has 1 aliphatic carbocycles. The predicted octanol–water partition coefficient (Wildman–Crippen LogP) is 3.77. The van der Waals surface area contributed by atoms with Gasteiger partial charge in [-0.05, 0) is 54.8 Å². The minimum Gasteiger partial charge on any atom is -0.351 e. The van der Waals surface area contributed by atoms with Crippen LogP contribution in [0.4, 0.5) is 18.9 Å². The van der Waals surface area contributed by atoms with Crippen molar-refractivity contribution in [3.05, 3.63) is 94.8 Å². The zero-order valence-electron chi connectivity index (χ0n) is 24.0. The molecule has 1 fully saturated rings. The fraction of sp³-hybridized carbons (Fsp3) is 0.310. The summed E-state index contributed by atoms with van der Waals surface area (Å²) < 4.78 is 102. The van der Waals surface area contributed by atoms with Gasteiger partial charge in [-0.3, -0.25) is 19.0 Å². The van der Waals surface area contributed by atoms with Gasteiger partial charge in [0.1, 0.15) is 11.9 Å². The van der Waals surface area contributed by atoms with Gasteiger partial charge in [0.05, 0.1) is 11.4 Å². The van der Waals surface area contributed by atoms with Crippen molar-refractivity contribution in [1.29, 1.82) is 0 Å². The van der Waals surface area contributed by atoms with Crippen LogP contribution in [0.1, 0.15) is 36.4 Å². The molecule has 0 aliphatic heterocycles. The Morgan fingerprint density at radius 1 is 0.978 bits per heavy atom. The average Bonchev–Trinajstić information content (AvgIpc) is 2.96. The number of alkyl halides is 2. The minimum atomic E-state index is -4.35. The molecule has 1 unspecified atom stereocenters. The molecule has 46 heavy (non-hydrogen) atoms. The number of carbonyl (C=O) groups excluding carboxylic acids is 2. The Kier molecular flexibility index (Phi) is 11.1. The Labute approximate surface area is 269 Å². The number of hydrogen-bond donors (Lipinski definition) is 4. The van der Waals surface area contributed by atoms with Gasteiger partial charge in [-0.1, -0.05) is 48.0 Å². The lowest BCUT2D eigenvalue weighted by Gasteiger charge is -2.38. The molecule has 4 N–H and O–H groups in total. The summed E-state index contributed by atoms with van der Waals surface area (Å²) in [6, 6.07) is 13.5. The smallest absolute Gasteiger partial charge is 0.294 e. The van der Waals surface area contributed by atoms with E-state index in [9.17, 15) is 39.6 Å². The average molecular weight is 703 g/mol. The lowest BCUT2D eigenvalue weighted by atomic mass is 9.87. The molecule has 3 aromatic carbocycles. The van der Waals surface area contributed by atoms with Crippen LogP contribution in [0.3, 0.4) is 0 Å². The molecule has 0 spiro atoms.